The van der Waals surface area contributed by atoms with Crippen molar-refractivity contribution in [2.24, 2.45) is 4.99 Å². The molecule has 3 aromatic rings. The second-order valence-corrected chi connectivity index (χ2v) is 11.0. The van der Waals surface area contributed by atoms with Gasteiger partial charge in [0.1, 0.15) is 5.75 Å². The van der Waals surface area contributed by atoms with Crippen LogP contribution in [0.5, 0.6) is 5.75 Å². The van der Waals surface area contributed by atoms with Gasteiger partial charge in [-0.1, -0.05) is 23.5 Å². The van der Waals surface area contributed by atoms with Crippen LogP contribution in [0.4, 0.5) is 0 Å². The number of thiazole rings is 1. The summed E-state index contributed by atoms with van der Waals surface area (Å²) in [6.45, 7) is 6.86. The van der Waals surface area contributed by atoms with E-state index in [0.717, 1.165) is 16.0 Å². The van der Waals surface area contributed by atoms with Crippen LogP contribution in [0.25, 0.3) is 10.2 Å². The maximum Gasteiger partial charge on any atom is 0.252 e. The number of rotatable bonds is 9. The van der Waals surface area contributed by atoms with Crippen molar-refractivity contribution in [3.8, 4) is 5.75 Å². The average molecular weight is 477 g/mol. The van der Waals surface area contributed by atoms with Crippen molar-refractivity contribution in [1.29, 1.82) is 0 Å². The second kappa shape index (κ2) is 10.4. The fourth-order valence-corrected chi connectivity index (χ4v) is 5.35. The van der Waals surface area contributed by atoms with E-state index in [1.54, 1.807) is 45.2 Å². The summed E-state index contributed by atoms with van der Waals surface area (Å²) in [6, 6.07) is 12.2. The van der Waals surface area contributed by atoms with Gasteiger partial charge >= 0.3 is 0 Å². The van der Waals surface area contributed by atoms with Crippen LogP contribution in [0, 0.1) is 0 Å². The SMILES string of the molecule is CCOc1ccc2c(c1)sc(=NC(=O)Cc1ccc(S(=O)(=O)C(C)C)cc1)n2CCOC. The normalized spacial score (nSPS) is 12.6. The lowest BCUT2D eigenvalue weighted by molar-refractivity contribution is -0.117. The van der Waals surface area contributed by atoms with Gasteiger partial charge in [0.15, 0.2) is 14.6 Å². The Morgan fingerprint density at radius 1 is 1.16 bits per heavy atom. The van der Waals surface area contributed by atoms with Crippen molar-refractivity contribution in [3.05, 3.63) is 52.8 Å². The molecular formula is C23H28N2O5S2. The fraction of sp³-hybridized carbons (Fsp3) is 0.391. The average Bonchev–Trinajstić information content (AvgIpc) is 3.08. The molecule has 3 rings (SSSR count). The predicted octanol–water partition coefficient (Wildman–Crippen LogP) is 3.60. The van der Waals surface area contributed by atoms with Crippen molar-refractivity contribution in [3.63, 3.8) is 0 Å². The third kappa shape index (κ3) is 5.46. The van der Waals surface area contributed by atoms with Gasteiger partial charge in [-0.15, -0.1) is 0 Å². The molecule has 1 aromatic heterocycles. The zero-order valence-corrected chi connectivity index (χ0v) is 20.3. The molecule has 1 heterocycles. The molecule has 1 amide bonds. The predicted molar refractivity (Wildman–Crippen MR) is 126 cm³/mol. The smallest absolute Gasteiger partial charge is 0.252 e. The van der Waals surface area contributed by atoms with E-state index in [9.17, 15) is 13.2 Å². The Balaban J connectivity index is 1.89. The Labute approximate surface area is 192 Å². The monoisotopic (exact) mass is 476 g/mol. The van der Waals surface area contributed by atoms with Gasteiger partial charge in [0.25, 0.3) is 5.91 Å². The van der Waals surface area contributed by atoms with Crippen molar-refractivity contribution in [2.75, 3.05) is 20.3 Å². The van der Waals surface area contributed by atoms with Gasteiger partial charge in [-0.05, 0) is 56.7 Å². The number of aromatic nitrogens is 1. The van der Waals surface area contributed by atoms with E-state index in [-0.39, 0.29) is 17.2 Å². The van der Waals surface area contributed by atoms with Crippen molar-refractivity contribution in [2.45, 2.75) is 43.9 Å². The van der Waals surface area contributed by atoms with Gasteiger partial charge in [0, 0.05) is 13.7 Å². The minimum Gasteiger partial charge on any atom is -0.494 e. The van der Waals surface area contributed by atoms with E-state index in [4.69, 9.17) is 9.47 Å². The van der Waals surface area contributed by atoms with Crippen LogP contribution in [0.1, 0.15) is 26.3 Å². The van der Waals surface area contributed by atoms with E-state index >= 15 is 0 Å². The van der Waals surface area contributed by atoms with Crippen LogP contribution in [-0.4, -0.2) is 44.5 Å². The van der Waals surface area contributed by atoms with Crippen molar-refractivity contribution in [1.82, 2.24) is 4.57 Å². The largest absolute Gasteiger partial charge is 0.494 e. The van der Waals surface area contributed by atoms with Crippen LogP contribution in [0.15, 0.2) is 52.4 Å². The molecule has 0 atom stereocenters. The highest BCUT2D eigenvalue weighted by molar-refractivity contribution is 7.92. The summed E-state index contributed by atoms with van der Waals surface area (Å²) in [4.78, 5) is 17.9. The van der Waals surface area contributed by atoms with Crippen LogP contribution in [0.2, 0.25) is 0 Å². The molecule has 0 radical (unpaired) electrons. The molecule has 0 saturated carbocycles. The molecule has 0 bridgehead atoms. The first-order chi connectivity index (χ1) is 15.3. The summed E-state index contributed by atoms with van der Waals surface area (Å²) in [6.07, 6.45) is 0.0880. The Hall–Kier alpha value is -2.49. The molecule has 0 aliphatic carbocycles. The number of nitrogens with zero attached hydrogens (tertiary/aromatic N) is 2. The third-order valence-electron chi connectivity index (χ3n) is 4.93. The van der Waals surface area contributed by atoms with E-state index < -0.39 is 15.1 Å². The Morgan fingerprint density at radius 3 is 2.50 bits per heavy atom. The van der Waals surface area contributed by atoms with E-state index in [2.05, 4.69) is 4.99 Å². The highest BCUT2D eigenvalue weighted by atomic mass is 32.2. The molecule has 9 heteroatoms. The molecule has 172 valence electrons. The summed E-state index contributed by atoms with van der Waals surface area (Å²) in [7, 11) is -1.71. The minimum absolute atomic E-state index is 0.0880. The molecule has 0 saturated heterocycles. The first kappa shape index (κ1) is 24.2. The first-order valence-electron chi connectivity index (χ1n) is 10.4. The minimum atomic E-state index is -3.34. The molecule has 2 aromatic carbocycles. The zero-order valence-electron chi connectivity index (χ0n) is 18.7. The summed E-state index contributed by atoms with van der Waals surface area (Å²) in [5.41, 5.74) is 1.68. The fourth-order valence-electron chi connectivity index (χ4n) is 3.18. The lowest BCUT2D eigenvalue weighted by atomic mass is 10.1. The highest BCUT2D eigenvalue weighted by Crippen LogP contribution is 2.23. The van der Waals surface area contributed by atoms with Gasteiger partial charge in [0.2, 0.25) is 0 Å². The van der Waals surface area contributed by atoms with E-state index in [1.165, 1.54) is 11.3 Å². The van der Waals surface area contributed by atoms with Gasteiger partial charge < -0.3 is 14.0 Å². The van der Waals surface area contributed by atoms with Crippen molar-refractivity contribution < 1.29 is 22.7 Å². The molecular weight excluding hydrogens is 448 g/mol. The summed E-state index contributed by atoms with van der Waals surface area (Å²) < 4.78 is 38.3. The summed E-state index contributed by atoms with van der Waals surface area (Å²) >= 11 is 1.42. The number of ether oxygens (including phenoxy) is 2. The van der Waals surface area contributed by atoms with Crippen LogP contribution in [0.3, 0.4) is 0 Å². The summed E-state index contributed by atoms with van der Waals surface area (Å²) in [5, 5.41) is -0.497. The van der Waals surface area contributed by atoms with Gasteiger partial charge in [-0.2, -0.15) is 4.99 Å². The van der Waals surface area contributed by atoms with Gasteiger partial charge in [0.05, 0.1) is 40.0 Å². The number of carbonyl (C=O) groups excluding carboxylic acids is 1. The molecule has 0 unspecified atom stereocenters. The lowest BCUT2D eigenvalue weighted by Gasteiger charge is -2.08. The number of hydrogen-bond donors (Lipinski definition) is 0. The second-order valence-electron chi connectivity index (χ2n) is 7.51. The first-order valence-corrected chi connectivity index (χ1v) is 12.8. The molecule has 0 N–H and O–H groups in total. The lowest BCUT2D eigenvalue weighted by Crippen LogP contribution is -2.19. The molecule has 0 spiro atoms. The Bertz CT molecular complexity index is 1260. The maximum atomic E-state index is 12.7. The number of fused-ring (bicyclic) bond motifs is 1. The quantitative estimate of drug-likeness (QED) is 0.471. The van der Waals surface area contributed by atoms with Crippen molar-refractivity contribution >= 4 is 37.3 Å². The van der Waals surface area contributed by atoms with E-state index in [1.807, 2.05) is 29.7 Å². The molecule has 7 nitrogen and oxygen atoms in total. The molecule has 0 aliphatic heterocycles. The zero-order chi connectivity index (χ0) is 23.3. The van der Waals surface area contributed by atoms with Gasteiger partial charge in [-0.25, -0.2) is 8.42 Å². The van der Waals surface area contributed by atoms with Crippen LogP contribution < -0.4 is 9.54 Å². The standard InChI is InChI=1S/C23H28N2O5S2/c1-5-30-18-8-11-20-21(15-18)31-23(25(20)12-13-29-4)24-22(26)14-17-6-9-19(10-7-17)32(27,28)16(2)3/h6-11,15-16H,5,12-14H2,1-4H3. The number of sulfone groups is 1. The summed E-state index contributed by atoms with van der Waals surface area (Å²) in [5.74, 6) is 0.474. The molecule has 0 fully saturated rings. The number of amides is 1. The topological polar surface area (TPSA) is 87.0 Å². The highest BCUT2D eigenvalue weighted by Gasteiger charge is 2.19. The van der Waals surface area contributed by atoms with Crippen LogP contribution in [-0.2, 0) is 32.3 Å². The number of carbonyl (C=O) groups is 1. The van der Waals surface area contributed by atoms with E-state index in [0.29, 0.717) is 30.1 Å². The number of methoxy groups -OCH3 is 1. The molecule has 32 heavy (non-hydrogen) atoms. The maximum absolute atomic E-state index is 12.7. The third-order valence-corrected chi connectivity index (χ3v) is 8.14. The Morgan fingerprint density at radius 2 is 1.88 bits per heavy atom. The van der Waals surface area contributed by atoms with Gasteiger partial charge in [-0.3, -0.25) is 4.79 Å². The Kier molecular flexibility index (Phi) is 7.86. The number of hydrogen-bond acceptors (Lipinski definition) is 6. The molecule has 0 aliphatic rings. The number of benzene rings is 2. The van der Waals surface area contributed by atoms with Crippen LogP contribution >= 0.6 is 11.3 Å².